The molecular formula is C36H49NO2. The van der Waals surface area contributed by atoms with Crippen molar-refractivity contribution in [3.63, 3.8) is 0 Å². The van der Waals surface area contributed by atoms with Gasteiger partial charge in [0.15, 0.2) is 0 Å². The molecule has 0 bridgehead atoms. The fourth-order valence-corrected chi connectivity index (χ4v) is 5.01. The molecule has 0 radical (unpaired) electrons. The Bertz CT molecular complexity index is 1010. The summed E-state index contributed by atoms with van der Waals surface area (Å²) in [6.07, 6.45) is 30.3. The Hall–Kier alpha value is -2.94. The van der Waals surface area contributed by atoms with E-state index in [1.807, 2.05) is 42.6 Å². The molecule has 210 valence electrons. The summed E-state index contributed by atoms with van der Waals surface area (Å²) in [7, 11) is 0. The van der Waals surface area contributed by atoms with Gasteiger partial charge in [-0.05, 0) is 41.8 Å². The maximum Gasteiger partial charge on any atom is 0.338 e. The van der Waals surface area contributed by atoms with Crippen LogP contribution in [-0.4, -0.2) is 18.8 Å². The van der Waals surface area contributed by atoms with Gasteiger partial charge in [0.25, 0.3) is 0 Å². The number of carbonyl (C=O) groups excluding carboxylic acids is 1. The largest absolute Gasteiger partial charge is 0.462 e. The minimum atomic E-state index is -0.241. The molecule has 0 saturated carbocycles. The Balaban J connectivity index is 1.19. The zero-order valence-electron chi connectivity index (χ0n) is 24.2. The first-order valence-electron chi connectivity index (χ1n) is 15.5. The summed E-state index contributed by atoms with van der Waals surface area (Å²) in [6, 6.07) is 15.8. The lowest BCUT2D eigenvalue weighted by Gasteiger charge is -2.06. The zero-order chi connectivity index (χ0) is 27.4. The molecule has 0 unspecified atom stereocenters. The van der Waals surface area contributed by atoms with Crippen LogP contribution in [0.25, 0.3) is 0 Å². The van der Waals surface area contributed by atoms with Gasteiger partial charge in [-0.25, -0.2) is 4.79 Å². The lowest BCUT2D eigenvalue weighted by atomic mass is 10.0. The fourth-order valence-electron chi connectivity index (χ4n) is 5.01. The highest BCUT2D eigenvalue weighted by Gasteiger charge is 2.07. The maximum atomic E-state index is 12.4. The number of hydrogen-bond donors (Lipinski definition) is 0. The van der Waals surface area contributed by atoms with E-state index in [-0.39, 0.29) is 5.97 Å². The molecule has 1 aliphatic carbocycles. The number of aliphatic imine (C=N–C) groups is 1. The van der Waals surface area contributed by atoms with Gasteiger partial charge in [0, 0.05) is 12.1 Å². The van der Waals surface area contributed by atoms with Gasteiger partial charge in [0.05, 0.1) is 17.9 Å². The number of esters is 1. The monoisotopic (exact) mass is 527 g/mol. The second kappa shape index (κ2) is 19.2. The Morgan fingerprint density at radius 2 is 1.21 bits per heavy atom. The van der Waals surface area contributed by atoms with Crippen LogP contribution in [0.3, 0.4) is 0 Å². The van der Waals surface area contributed by atoms with E-state index in [2.05, 4.69) is 48.4 Å². The maximum absolute atomic E-state index is 12.4. The van der Waals surface area contributed by atoms with Crippen LogP contribution < -0.4 is 0 Å². The van der Waals surface area contributed by atoms with Gasteiger partial charge in [-0.3, -0.25) is 4.99 Å². The van der Waals surface area contributed by atoms with Gasteiger partial charge < -0.3 is 4.74 Å². The molecule has 0 spiro atoms. The number of ether oxygens (including phenoxy) is 1. The van der Waals surface area contributed by atoms with Crippen LogP contribution in [0.5, 0.6) is 0 Å². The van der Waals surface area contributed by atoms with Crippen LogP contribution in [0.15, 0.2) is 77.8 Å². The standard InChI is InChI=1S/C36H49NO2/c1-2-3-4-5-6-7-8-9-10-11-12-13-14-15-18-29-39-36(38)34-23-21-31(22-24-34)30-37-35-27-25-33(26-28-35)32-19-16-17-20-32/h16-17,19-28,30,32H,2-15,18,29H2,1H3. The lowest BCUT2D eigenvalue weighted by molar-refractivity contribution is 0.0497. The molecule has 0 N–H and O–H groups in total. The second-order valence-electron chi connectivity index (χ2n) is 10.9. The highest BCUT2D eigenvalue weighted by molar-refractivity contribution is 5.91. The predicted octanol–water partition coefficient (Wildman–Crippen LogP) is 10.7. The zero-order valence-corrected chi connectivity index (χ0v) is 24.2. The topological polar surface area (TPSA) is 38.7 Å². The lowest BCUT2D eigenvalue weighted by Crippen LogP contribution is -2.06. The van der Waals surface area contributed by atoms with Crippen molar-refractivity contribution in [2.75, 3.05) is 6.61 Å². The smallest absolute Gasteiger partial charge is 0.338 e. The number of allylic oxidation sites excluding steroid dienone is 4. The third-order valence-corrected chi connectivity index (χ3v) is 7.52. The number of nitrogens with zero attached hydrogens (tertiary/aromatic N) is 1. The third-order valence-electron chi connectivity index (χ3n) is 7.52. The van der Waals surface area contributed by atoms with Gasteiger partial charge in [0.2, 0.25) is 0 Å². The van der Waals surface area contributed by atoms with Crippen molar-refractivity contribution in [1.29, 1.82) is 0 Å². The number of benzene rings is 2. The first kappa shape index (κ1) is 30.6. The number of unbranched alkanes of at least 4 members (excludes halogenated alkanes) is 14. The van der Waals surface area contributed by atoms with Crippen molar-refractivity contribution in [1.82, 2.24) is 0 Å². The molecule has 0 fully saturated rings. The van der Waals surface area contributed by atoms with E-state index in [0.717, 1.165) is 24.1 Å². The second-order valence-corrected chi connectivity index (χ2v) is 10.9. The molecule has 3 nitrogen and oxygen atoms in total. The molecule has 0 heterocycles. The molecule has 3 rings (SSSR count). The van der Waals surface area contributed by atoms with Crippen molar-refractivity contribution in [3.8, 4) is 0 Å². The SMILES string of the molecule is CCCCCCCCCCCCCCCCCOC(=O)c1ccc(C=Nc2ccc(C3C=CC=C3)cc2)cc1. The van der Waals surface area contributed by atoms with Gasteiger partial charge in [-0.1, -0.05) is 145 Å². The number of hydrogen-bond acceptors (Lipinski definition) is 3. The first-order valence-corrected chi connectivity index (χ1v) is 15.5. The Labute approximate surface area is 237 Å². The molecule has 1 aliphatic rings. The molecule has 0 aliphatic heterocycles. The van der Waals surface area contributed by atoms with Crippen molar-refractivity contribution >= 4 is 17.9 Å². The van der Waals surface area contributed by atoms with E-state index in [1.165, 1.54) is 89.0 Å². The highest BCUT2D eigenvalue weighted by atomic mass is 16.5. The van der Waals surface area contributed by atoms with E-state index >= 15 is 0 Å². The van der Waals surface area contributed by atoms with E-state index in [1.54, 1.807) is 0 Å². The van der Waals surface area contributed by atoms with Crippen LogP contribution in [0.1, 0.15) is 131 Å². The Morgan fingerprint density at radius 3 is 1.74 bits per heavy atom. The summed E-state index contributed by atoms with van der Waals surface area (Å²) in [5, 5.41) is 0. The van der Waals surface area contributed by atoms with Gasteiger partial charge >= 0.3 is 5.97 Å². The van der Waals surface area contributed by atoms with Crippen LogP contribution in [-0.2, 0) is 4.74 Å². The molecule has 0 amide bonds. The number of rotatable bonds is 20. The predicted molar refractivity (Wildman–Crippen MR) is 166 cm³/mol. The van der Waals surface area contributed by atoms with Crippen molar-refractivity contribution in [2.24, 2.45) is 4.99 Å². The molecule has 2 aromatic rings. The molecule has 0 saturated heterocycles. The van der Waals surface area contributed by atoms with Gasteiger partial charge in [-0.2, -0.15) is 0 Å². The third kappa shape index (κ3) is 12.6. The van der Waals surface area contributed by atoms with Crippen molar-refractivity contribution in [3.05, 3.63) is 89.5 Å². The molecular weight excluding hydrogens is 478 g/mol. The van der Waals surface area contributed by atoms with Crippen LogP contribution in [0, 0.1) is 0 Å². The van der Waals surface area contributed by atoms with Crippen LogP contribution >= 0.6 is 0 Å². The molecule has 0 aromatic heterocycles. The van der Waals surface area contributed by atoms with E-state index in [0.29, 0.717) is 18.1 Å². The normalized spacial score (nSPS) is 13.1. The molecule has 2 aromatic carbocycles. The number of carbonyl (C=O) groups is 1. The summed E-state index contributed by atoms with van der Waals surface area (Å²) < 4.78 is 5.48. The highest BCUT2D eigenvalue weighted by Crippen LogP contribution is 2.25. The van der Waals surface area contributed by atoms with E-state index in [9.17, 15) is 4.79 Å². The first-order chi connectivity index (χ1) is 19.3. The van der Waals surface area contributed by atoms with Crippen molar-refractivity contribution < 1.29 is 9.53 Å². The molecule has 3 heteroatoms. The van der Waals surface area contributed by atoms with E-state index < -0.39 is 0 Å². The summed E-state index contributed by atoms with van der Waals surface area (Å²) in [5.41, 5.74) is 3.73. The summed E-state index contributed by atoms with van der Waals surface area (Å²) in [5.74, 6) is 0.129. The fraction of sp³-hybridized carbons (Fsp3) is 0.500. The quantitative estimate of drug-likeness (QED) is 0.0975. The summed E-state index contributed by atoms with van der Waals surface area (Å²) in [6.45, 7) is 2.78. The van der Waals surface area contributed by atoms with Gasteiger partial charge in [-0.15, -0.1) is 0 Å². The van der Waals surface area contributed by atoms with Gasteiger partial charge in [0.1, 0.15) is 0 Å². The minimum Gasteiger partial charge on any atom is -0.462 e. The van der Waals surface area contributed by atoms with E-state index in [4.69, 9.17) is 4.74 Å². The molecule has 0 atom stereocenters. The van der Waals surface area contributed by atoms with Crippen molar-refractivity contribution in [2.45, 2.75) is 109 Å². The van der Waals surface area contributed by atoms with Crippen LogP contribution in [0.4, 0.5) is 5.69 Å². The summed E-state index contributed by atoms with van der Waals surface area (Å²) >= 11 is 0. The molecule has 39 heavy (non-hydrogen) atoms. The summed E-state index contributed by atoms with van der Waals surface area (Å²) in [4.78, 5) is 16.9. The Morgan fingerprint density at radius 1 is 0.692 bits per heavy atom. The average molecular weight is 528 g/mol. The minimum absolute atomic E-state index is 0.241. The van der Waals surface area contributed by atoms with Crippen LogP contribution in [0.2, 0.25) is 0 Å². The Kier molecular flexibility index (Phi) is 15.0. The average Bonchev–Trinajstić information content (AvgIpc) is 3.51.